The Labute approximate surface area is 116 Å². The fraction of sp³-hybridized carbons (Fsp3) is 0.600. The maximum atomic E-state index is 6.39. The lowest BCUT2D eigenvalue weighted by Gasteiger charge is -2.37. The van der Waals surface area contributed by atoms with Crippen LogP contribution in [0.15, 0.2) is 18.2 Å². The number of hydrogen-bond acceptors (Lipinski definition) is 2. The Bertz CT molecular complexity index is 399. The van der Waals surface area contributed by atoms with E-state index >= 15 is 0 Å². The number of nitrogens with zero attached hydrogens (tertiary/aromatic N) is 1. The third kappa shape index (κ3) is 3.63. The van der Waals surface area contributed by atoms with Gasteiger partial charge in [-0.05, 0) is 51.3 Å². The summed E-state index contributed by atoms with van der Waals surface area (Å²) >= 11 is 6.39. The first-order valence-corrected chi connectivity index (χ1v) is 6.93. The lowest BCUT2D eigenvalue weighted by atomic mass is 9.98. The maximum absolute atomic E-state index is 6.39. The second-order valence-electron chi connectivity index (χ2n) is 5.69. The van der Waals surface area contributed by atoms with E-state index in [4.69, 9.17) is 17.3 Å². The van der Waals surface area contributed by atoms with E-state index in [1.54, 1.807) is 0 Å². The van der Waals surface area contributed by atoms with E-state index in [1.807, 2.05) is 13.0 Å². The van der Waals surface area contributed by atoms with Crippen molar-refractivity contribution in [1.29, 1.82) is 0 Å². The standard InChI is InChI=1S/C15H25ClN2/c1-6-15(3,4)18(5)14-8-7-12(9-11(2)17)10-13(14)16/h7-8,10-11H,6,9,17H2,1-5H3. The van der Waals surface area contributed by atoms with Crippen LogP contribution in [0.2, 0.25) is 5.02 Å². The van der Waals surface area contributed by atoms with Gasteiger partial charge in [0.25, 0.3) is 0 Å². The van der Waals surface area contributed by atoms with Crippen molar-refractivity contribution >= 4 is 17.3 Å². The molecule has 0 fully saturated rings. The van der Waals surface area contributed by atoms with Crippen LogP contribution in [0, 0.1) is 0 Å². The van der Waals surface area contributed by atoms with Gasteiger partial charge >= 0.3 is 0 Å². The Morgan fingerprint density at radius 2 is 2.00 bits per heavy atom. The van der Waals surface area contributed by atoms with Crippen molar-refractivity contribution in [2.75, 3.05) is 11.9 Å². The average Bonchev–Trinajstić information content (AvgIpc) is 2.27. The van der Waals surface area contributed by atoms with Gasteiger partial charge in [-0.1, -0.05) is 24.6 Å². The molecule has 0 bridgehead atoms. The third-order valence-electron chi connectivity index (χ3n) is 3.70. The molecular weight excluding hydrogens is 244 g/mol. The van der Waals surface area contributed by atoms with Gasteiger partial charge in [0.15, 0.2) is 0 Å². The summed E-state index contributed by atoms with van der Waals surface area (Å²) in [5.41, 5.74) is 8.19. The molecule has 18 heavy (non-hydrogen) atoms. The molecule has 0 spiro atoms. The summed E-state index contributed by atoms with van der Waals surface area (Å²) in [5, 5.41) is 0.803. The first-order valence-electron chi connectivity index (χ1n) is 6.55. The Morgan fingerprint density at radius 1 is 1.39 bits per heavy atom. The lowest BCUT2D eigenvalue weighted by molar-refractivity contribution is 0.471. The molecule has 1 aromatic carbocycles. The van der Waals surface area contributed by atoms with Crippen molar-refractivity contribution in [2.24, 2.45) is 5.73 Å². The summed E-state index contributed by atoms with van der Waals surface area (Å²) in [5.74, 6) is 0. The van der Waals surface area contributed by atoms with E-state index in [0.29, 0.717) is 0 Å². The zero-order valence-corrected chi connectivity index (χ0v) is 12.9. The van der Waals surface area contributed by atoms with Gasteiger partial charge in [0.1, 0.15) is 0 Å². The second kappa shape index (κ2) is 5.94. The quantitative estimate of drug-likeness (QED) is 0.879. The smallest absolute Gasteiger partial charge is 0.0642 e. The highest BCUT2D eigenvalue weighted by Crippen LogP contribution is 2.32. The molecule has 0 amide bonds. The SMILES string of the molecule is CCC(C)(C)N(C)c1ccc(CC(C)N)cc1Cl. The minimum atomic E-state index is 0.103. The van der Waals surface area contributed by atoms with Crippen molar-refractivity contribution in [3.8, 4) is 0 Å². The van der Waals surface area contributed by atoms with Gasteiger partial charge in [0.05, 0.1) is 10.7 Å². The maximum Gasteiger partial charge on any atom is 0.0642 e. The van der Waals surface area contributed by atoms with E-state index in [-0.39, 0.29) is 11.6 Å². The van der Waals surface area contributed by atoms with Crippen molar-refractivity contribution in [2.45, 2.75) is 52.1 Å². The summed E-state index contributed by atoms with van der Waals surface area (Å²) in [6.07, 6.45) is 1.93. The van der Waals surface area contributed by atoms with Crippen LogP contribution in [0.4, 0.5) is 5.69 Å². The third-order valence-corrected chi connectivity index (χ3v) is 4.01. The van der Waals surface area contributed by atoms with Gasteiger partial charge in [0, 0.05) is 18.6 Å². The zero-order valence-electron chi connectivity index (χ0n) is 12.1. The Kier molecular flexibility index (Phi) is 5.06. The van der Waals surface area contributed by atoms with Crippen molar-refractivity contribution in [3.63, 3.8) is 0 Å². The predicted molar refractivity (Wildman–Crippen MR) is 81.6 cm³/mol. The number of anilines is 1. The molecule has 0 saturated carbocycles. The molecule has 2 N–H and O–H groups in total. The highest BCUT2D eigenvalue weighted by Gasteiger charge is 2.23. The zero-order chi connectivity index (χ0) is 13.9. The molecule has 0 aromatic heterocycles. The molecule has 3 heteroatoms. The topological polar surface area (TPSA) is 29.3 Å². The molecule has 0 radical (unpaired) electrons. The number of hydrogen-bond donors (Lipinski definition) is 1. The van der Waals surface area contributed by atoms with Gasteiger partial charge in [-0.2, -0.15) is 0 Å². The summed E-state index contributed by atoms with van der Waals surface area (Å²) < 4.78 is 0. The molecule has 1 rings (SSSR count). The van der Waals surface area contributed by atoms with Gasteiger partial charge in [0.2, 0.25) is 0 Å². The molecule has 0 aliphatic heterocycles. The van der Waals surface area contributed by atoms with Crippen LogP contribution in [0.1, 0.15) is 39.7 Å². The molecule has 0 aliphatic rings. The molecule has 1 atom stereocenters. The minimum absolute atomic E-state index is 0.103. The summed E-state index contributed by atoms with van der Waals surface area (Å²) in [6, 6.07) is 6.41. The monoisotopic (exact) mass is 268 g/mol. The van der Waals surface area contributed by atoms with Crippen molar-refractivity contribution in [1.82, 2.24) is 0 Å². The fourth-order valence-corrected chi connectivity index (χ4v) is 2.21. The van der Waals surface area contributed by atoms with Crippen molar-refractivity contribution < 1.29 is 0 Å². The number of nitrogens with two attached hydrogens (primary N) is 1. The number of halogens is 1. The van der Waals surface area contributed by atoms with E-state index in [0.717, 1.165) is 23.6 Å². The number of benzene rings is 1. The molecule has 2 nitrogen and oxygen atoms in total. The molecule has 102 valence electrons. The van der Waals surface area contributed by atoms with Crippen LogP contribution < -0.4 is 10.6 Å². The first-order chi connectivity index (χ1) is 8.27. The second-order valence-corrected chi connectivity index (χ2v) is 6.10. The average molecular weight is 269 g/mol. The first kappa shape index (κ1) is 15.3. The molecular formula is C15H25ClN2. The minimum Gasteiger partial charge on any atom is -0.368 e. The largest absolute Gasteiger partial charge is 0.368 e. The van der Waals surface area contributed by atoms with Crippen LogP contribution in [-0.4, -0.2) is 18.6 Å². The highest BCUT2D eigenvalue weighted by atomic mass is 35.5. The van der Waals surface area contributed by atoms with E-state index in [2.05, 4.69) is 44.9 Å². The van der Waals surface area contributed by atoms with Crippen LogP contribution in [-0.2, 0) is 6.42 Å². The van der Waals surface area contributed by atoms with Crippen LogP contribution in [0.5, 0.6) is 0 Å². The Hall–Kier alpha value is -0.730. The molecule has 0 saturated heterocycles. The van der Waals surface area contributed by atoms with E-state index in [1.165, 1.54) is 5.56 Å². The number of rotatable bonds is 5. The summed E-state index contributed by atoms with van der Waals surface area (Å²) in [6.45, 7) is 8.64. The Morgan fingerprint density at radius 3 is 2.44 bits per heavy atom. The van der Waals surface area contributed by atoms with Gasteiger partial charge in [-0.15, -0.1) is 0 Å². The Balaban J connectivity index is 2.99. The predicted octanol–water partition coefficient (Wildman–Crippen LogP) is 3.85. The van der Waals surface area contributed by atoms with E-state index in [9.17, 15) is 0 Å². The van der Waals surface area contributed by atoms with Crippen molar-refractivity contribution in [3.05, 3.63) is 28.8 Å². The molecule has 0 aliphatic carbocycles. The normalized spacial score (nSPS) is 13.5. The van der Waals surface area contributed by atoms with Crippen LogP contribution in [0.25, 0.3) is 0 Å². The molecule has 1 unspecified atom stereocenters. The van der Waals surface area contributed by atoms with E-state index < -0.39 is 0 Å². The molecule has 1 aromatic rings. The lowest BCUT2D eigenvalue weighted by Crippen LogP contribution is -2.40. The van der Waals surface area contributed by atoms with Crippen LogP contribution >= 0.6 is 11.6 Å². The summed E-state index contributed by atoms with van der Waals surface area (Å²) in [7, 11) is 2.09. The van der Waals surface area contributed by atoms with Crippen LogP contribution in [0.3, 0.4) is 0 Å². The van der Waals surface area contributed by atoms with Gasteiger partial charge in [-0.3, -0.25) is 0 Å². The van der Waals surface area contributed by atoms with Gasteiger partial charge < -0.3 is 10.6 Å². The highest BCUT2D eigenvalue weighted by molar-refractivity contribution is 6.33. The fourth-order valence-electron chi connectivity index (χ4n) is 1.88. The van der Waals surface area contributed by atoms with Gasteiger partial charge in [-0.25, -0.2) is 0 Å². The summed E-state index contributed by atoms with van der Waals surface area (Å²) in [4.78, 5) is 2.24. The molecule has 0 heterocycles.